The highest BCUT2D eigenvalue weighted by molar-refractivity contribution is 6.45. The van der Waals surface area contributed by atoms with Crippen LogP contribution in [0.1, 0.15) is 19.4 Å². The molecule has 0 spiro atoms. The molecule has 2 N–H and O–H groups in total. The Labute approximate surface area is 88.5 Å². The maximum absolute atomic E-state index is 9.33. The molecule has 0 unspecified atom stereocenters. The standard InChI is InChI=1S/C11H13BO3/c1-11(2,12(13)14)9-7-15-10-6-4-3-5-8(9)10/h3-7,13-14H,1-2H3. The van der Waals surface area contributed by atoms with E-state index < -0.39 is 12.4 Å². The lowest BCUT2D eigenvalue weighted by atomic mass is 9.57. The smallest absolute Gasteiger partial charge is 0.462 e. The predicted molar refractivity (Wildman–Crippen MR) is 59.4 cm³/mol. The van der Waals surface area contributed by atoms with Crippen LogP contribution in [0.5, 0.6) is 0 Å². The first-order valence-electron chi connectivity index (χ1n) is 4.86. The third kappa shape index (κ3) is 1.56. The second-order valence-electron chi connectivity index (χ2n) is 4.24. The molecule has 15 heavy (non-hydrogen) atoms. The number of hydrogen-bond donors (Lipinski definition) is 2. The van der Waals surface area contributed by atoms with Gasteiger partial charge >= 0.3 is 7.12 Å². The van der Waals surface area contributed by atoms with Gasteiger partial charge in [0.2, 0.25) is 0 Å². The van der Waals surface area contributed by atoms with Crippen molar-refractivity contribution >= 4 is 18.1 Å². The minimum Gasteiger partial charge on any atom is -0.464 e. The lowest BCUT2D eigenvalue weighted by Crippen LogP contribution is -2.37. The van der Waals surface area contributed by atoms with E-state index in [4.69, 9.17) is 4.42 Å². The van der Waals surface area contributed by atoms with Crippen molar-refractivity contribution in [3.05, 3.63) is 36.1 Å². The third-order valence-electron chi connectivity index (χ3n) is 2.82. The van der Waals surface area contributed by atoms with Crippen molar-refractivity contribution in [1.29, 1.82) is 0 Å². The quantitative estimate of drug-likeness (QED) is 0.732. The number of fused-ring (bicyclic) bond motifs is 1. The molecule has 0 amide bonds. The van der Waals surface area contributed by atoms with E-state index in [0.29, 0.717) is 0 Å². The SMILES string of the molecule is CC(C)(B(O)O)c1coc2ccccc12. The van der Waals surface area contributed by atoms with Gasteiger partial charge in [0.15, 0.2) is 0 Å². The zero-order valence-electron chi connectivity index (χ0n) is 8.77. The van der Waals surface area contributed by atoms with Crippen molar-refractivity contribution in [2.75, 3.05) is 0 Å². The monoisotopic (exact) mass is 204 g/mol. The Balaban J connectivity index is 2.62. The van der Waals surface area contributed by atoms with E-state index in [0.717, 1.165) is 16.5 Å². The second kappa shape index (κ2) is 3.40. The molecule has 0 radical (unpaired) electrons. The number of para-hydroxylation sites is 1. The fourth-order valence-corrected chi connectivity index (χ4v) is 1.62. The summed E-state index contributed by atoms with van der Waals surface area (Å²) in [5.74, 6) is 0. The minimum absolute atomic E-state index is 0.730. The van der Waals surface area contributed by atoms with Crippen LogP contribution in [0.3, 0.4) is 0 Å². The van der Waals surface area contributed by atoms with Gasteiger partial charge in [-0.05, 0) is 6.07 Å². The largest absolute Gasteiger partial charge is 0.464 e. The maximum atomic E-state index is 9.33. The molecule has 0 saturated heterocycles. The molecule has 0 aliphatic rings. The van der Waals surface area contributed by atoms with Crippen LogP contribution < -0.4 is 0 Å². The normalized spacial score (nSPS) is 12.0. The van der Waals surface area contributed by atoms with Crippen LogP contribution in [-0.4, -0.2) is 17.2 Å². The first-order valence-corrected chi connectivity index (χ1v) is 4.86. The average molecular weight is 204 g/mol. The van der Waals surface area contributed by atoms with Gasteiger partial charge in [-0.15, -0.1) is 0 Å². The molecular weight excluding hydrogens is 191 g/mol. The van der Waals surface area contributed by atoms with Gasteiger partial charge in [-0.3, -0.25) is 0 Å². The summed E-state index contributed by atoms with van der Waals surface area (Å²) in [6.07, 6.45) is 1.59. The van der Waals surface area contributed by atoms with Gasteiger partial charge in [0, 0.05) is 16.3 Å². The highest BCUT2D eigenvalue weighted by atomic mass is 16.4. The van der Waals surface area contributed by atoms with Crippen LogP contribution in [-0.2, 0) is 5.31 Å². The number of benzene rings is 1. The van der Waals surface area contributed by atoms with Gasteiger partial charge < -0.3 is 14.5 Å². The van der Waals surface area contributed by atoms with Crippen LogP contribution in [0.25, 0.3) is 11.0 Å². The molecule has 2 rings (SSSR count). The summed E-state index contributed by atoms with van der Waals surface area (Å²) in [5, 5.41) is 18.8. The Morgan fingerprint density at radius 3 is 2.53 bits per heavy atom. The van der Waals surface area contributed by atoms with Crippen molar-refractivity contribution in [2.24, 2.45) is 0 Å². The zero-order chi connectivity index (χ0) is 11.1. The molecule has 0 aliphatic heterocycles. The van der Waals surface area contributed by atoms with Gasteiger partial charge in [0.25, 0.3) is 0 Å². The van der Waals surface area contributed by atoms with E-state index in [9.17, 15) is 10.0 Å². The van der Waals surface area contributed by atoms with Gasteiger partial charge in [-0.1, -0.05) is 32.0 Å². The fraction of sp³-hybridized carbons (Fsp3) is 0.273. The molecule has 0 aliphatic carbocycles. The molecular formula is C11H13BO3. The van der Waals surface area contributed by atoms with Gasteiger partial charge in [-0.25, -0.2) is 0 Å². The molecule has 0 saturated carbocycles. The fourth-order valence-electron chi connectivity index (χ4n) is 1.62. The number of hydrogen-bond acceptors (Lipinski definition) is 3. The van der Waals surface area contributed by atoms with Crippen molar-refractivity contribution in [3.63, 3.8) is 0 Å². The summed E-state index contributed by atoms with van der Waals surface area (Å²) in [6, 6.07) is 7.57. The van der Waals surface area contributed by atoms with E-state index >= 15 is 0 Å². The summed E-state index contributed by atoms with van der Waals surface area (Å²) in [4.78, 5) is 0. The summed E-state index contributed by atoms with van der Waals surface area (Å²) < 4.78 is 5.36. The lowest BCUT2D eigenvalue weighted by molar-refractivity contribution is 0.359. The molecule has 3 nitrogen and oxygen atoms in total. The minimum atomic E-state index is -1.40. The molecule has 0 fully saturated rings. The Morgan fingerprint density at radius 1 is 1.20 bits per heavy atom. The Hall–Kier alpha value is -1.26. The van der Waals surface area contributed by atoms with Crippen molar-refractivity contribution in [3.8, 4) is 0 Å². The first-order chi connectivity index (χ1) is 7.03. The topological polar surface area (TPSA) is 53.6 Å². The molecule has 0 bridgehead atoms. The number of furan rings is 1. The second-order valence-corrected chi connectivity index (χ2v) is 4.24. The Kier molecular flexibility index (Phi) is 2.33. The third-order valence-corrected chi connectivity index (χ3v) is 2.82. The number of rotatable bonds is 2. The highest BCUT2D eigenvalue weighted by Gasteiger charge is 2.36. The van der Waals surface area contributed by atoms with Crippen molar-refractivity contribution in [1.82, 2.24) is 0 Å². The zero-order valence-corrected chi connectivity index (χ0v) is 8.77. The Bertz CT molecular complexity index is 473. The molecule has 2 aromatic rings. The van der Waals surface area contributed by atoms with Crippen LogP contribution in [0.2, 0.25) is 0 Å². The van der Waals surface area contributed by atoms with Gasteiger partial charge in [0.1, 0.15) is 5.58 Å². The summed E-state index contributed by atoms with van der Waals surface area (Å²) in [6.45, 7) is 3.55. The molecule has 0 atom stereocenters. The van der Waals surface area contributed by atoms with Crippen LogP contribution in [0.4, 0.5) is 0 Å². The van der Waals surface area contributed by atoms with E-state index in [2.05, 4.69) is 0 Å². The van der Waals surface area contributed by atoms with Crippen molar-refractivity contribution < 1.29 is 14.5 Å². The molecule has 1 heterocycles. The van der Waals surface area contributed by atoms with Crippen molar-refractivity contribution in [2.45, 2.75) is 19.2 Å². The molecule has 4 heteroatoms. The predicted octanol–water partition coefficient (Wildman–Crippen LogP) is 1.72. The lowest BCUT2D eigenvalue weighted by Gasteiger charge is -2.21. The average Bonchev–Trinajstić information content (AvgIpc) is 2.61. The Morgan fingerprint density at radius 2 is 1.87 bits per heavy atom. The van der Waals surface area contributed by atoms with E-state index in [1.807, 2.05) is 24.3 Å². The van der Waals surface area contributed by atoms with Crippen LogP contribution >= 0.6 is 0 Å². The highest BCUT2D eigenvalue weighted by Crippen LogP contribution is 2.32. The van der Waals surface area contributed by atoms with E-state index in [1.54, 1.807) is 20.1 Å². The maximum Gasteiger partial charge on any atom is 0.462 e. The molecule has 78 valence electrons. The van der Waals surface area contributed by atoms with Crippen LogP contribution in [0, 0.1) is 0 Å². The van der Waals surface area contributed by atoms with E-state index in [1.165, 1.54) is 0 Å². The summed E-state index contributed by atoms with van der Waals surface area (Å²) in [5.41, 5.74) is 1.58. The summed E-state index contributed by atoms with van der Waals surface area (Å²) >= 11 is 0. The summed E-state index contributed by atoms with van der Waals surface area (Å²) in [7, 11) is -1.40. The molecule has 1 aromatic heterocycles. The molecule has 1 aromatic carbocycles. The van der Waals surface area contributed by atoms with Gasteiger partial charge in [-0.2, -0.15) is 0 Å². The van der Waals surface area contributed by atoms with E-state index in [-0.39, 0.29) is 0 Å². The van der Waals surface area contributed by atoms with Gasteiger partial charge in [0.05, 0.1) is 6.26 Å². The van der Waals surface area contributed by atoms with Crippen LogP contribution in [0.15, 0.2) is 34.9 Å². The first kappa shape index (κ1) is 10.3.